The predicted octanol–water partition coefficient (Wildman–Crippen LogP) is 2.70. The second-order valence-corrected chi connectivity index (χ2v) is 8.68. The average Bonchev–Trinajstić information content (AvgIpc) is 3.58. The van der Waals surface area contributed by atoms with E-state index in [1.165, 1.54) is 4.57 Å². The minimum Gasteiger partial charge on any atom is -0.325 e. The van der Waals surface area contributed by atoms with Gasteiger partial charge in [0.15, 0.2) is 5.65 Å². The molecule has 0 saturated heterocycles. The third-order valence-electron chi connectivity index (χ3n) is 5.11. The number of fused-ring (bicyclic) bond motifs is 1. The number of anilines is 1. The quantitative estimate of drug-likeness (QED) is 0.446. The molecule has 5 rings (SSSR count). The van der Waals surface area contributed by atoms with Gasteiger partial charge in [0.2, 0.25) is 5.91 Å². The van der Waals surface area contributed by atoms with Gasteiger partial charge in [0, 0.05) is 23.7 Å². The van der Waals surface area contributed by atoms with E-state index in [4.69, 9.17) is 0 Å². The summed E-state index contributed by atoms with van der Waals surface area (Å²) in [6.07, 6.45) is 3.52. The second-order valence-electron chi connectivity index (χ2n) is 7.72. The average molecular weight is 445 g/mol. The standard InChI is InChI=1S/C20H17F2N5O3S/c21-10-5-11(22)7-12(6-10)23-14(28)8-31-19-15-17(24-16(25-19)9-1-2-9)27(13-3-4-13)20(30)26-18(15)29/h5-7,9,13H,1-4,8H2,(H,23,28)(H,26,29,30). The monoisotopic (exact) mass is 445 g/mol. The molecule has 2 heterocycles. The van der Waals surface area contributed by atoms with Crippen LogP contribution < -0.4 is 16.6 Å². The van der Waals surface area contributed by atoms with E-state index in [9.17, 15) is 23.2 Å². The third-order valence-corrected chi connectivity index (χ3v) is 6.08. The van der Waals surface area contributed by atoms with E-state index < -0.39 is 28.8 Å². The van der Waals surface area contributed by atoms with Crippen LogP contribution in [-0.2, 0) is 4.79 Å². The number of nitrogens with zero attached hydrogens (tertiary/aromatic N) is 3. The Balaban J connectivity index is 1.47. The van der Waals surface area contributed by atoms with Crippen LogP contribution in [0, 0.1) is 11.6 Å². The van der Waals surface area contributed by atoms with Gasteiger partial charge in [0.25, 0.3) is 5.56 Å². The van der Waals surface area contributed by atoms with Crippen LogP contribution in [0.5, 0.6) is 0 Å². The van der Waals surface area contributed by atoms with Crippen molar-refractivity contribution in [2.75, 3.05) is 11.1 Å². The molecule has 8 nitrogen and oxygen atoms in total. The second kappa shape index (κ2) is 7.56. The van der Waals surface area contributed by atoms with Crippen molar-refractivity contribution in [1.82, 2.24) is 19.5 Å². The zero-order chi connectivity index (χ0) is 21.7. The van der Waals surface area contributed by atoms with E-state index in [1.54, 1.807) is 0 Å². The Kier molecular flexibility index (Phi) is 4.84. The molecule has 11 heteroatoms. The van der Waals surface area contributed by atoms with Crippen molar-refractivity contribution >= 4 is 34.4 Å². The molecule has 2 saturated carbocycles. The van der Waals surface area contributed by atoms with Crippen molar-refractivity contribution in [3.63, 3.8) is 0 Å². The number of aromatic amines is 1. The van der Waals surface area contributed by atoms with Gasteiger partial charge in [-0.05, 0) is 37.8 Å². The molecule has 0 aliphatic heterocycles. The number of thioether (sulfide) groups is 1. The summed E-state index contributed by atoms with van der Waals surface area (Å²) in [7, 11) is 0. The highest BCUT2D eigenvalue weighted by molar-refractivity contribution is 8.00. The zero-order valence-electron chi connectivity index (χ0n) is 16.2. The summed E-state index contributed by atoms with van der Waals surface area (Å²) in [5.41, 5.74) is -0.811. The summed E-state index contributed by atoms with van der Waals surface area (Å²) in [5, 5.41) is 2.91. The summed E-state index contributed by atoms with van der Waals surface area (Å²) in [4.78, 5) is 48.6. The maximum absolute atomic E-state index is 13.3. The van der Waals surface area contributed by atoms with Crippen LogP contribution in [0.3, 0.4) is 0 Å². The SMILES string of the molecule is O=C(CSc1nc(C2CC2)nc2c1c(=O)[nH]c(=O)n2C1CC1)Nc1cc(F)cc(F)c1. The maximum Gasteiger partial charge on any atom is 0.330 e. The van der Waals surface area contributed by atoms with Crippen LogP contribution in [-0.4, -0.2) is 31.2 Å². The number of aromatic nitrogens is 4. The van der Waals surface area contributed by atoms with E-state index >= 15 is 0 Å². The van der Waals surface area contributed by atoms with Crippen LogP contribution in [0.1, 0.15) is 43.5 Å². The van der Waals surface area contributed by atoms with Crippen LogP contribution in [0.15, 0.2) is 32.8 Å². The lowest BCUT2D eigenvalue weighted by Crippen LogP contribution is -2.31. The number of carbonyl (C=O) groups excluding carboxylic acids is 1. The molecule has 0 radical (unpaired) electrons. The van der Waals surface area contributed by atoms with Crippen molar-refractivity contribution < 1.29 is 13.6 Å². The van der Waals surface area contributed by atoms with Gasteiger partial charge in [-0.15, -0.1) is 0 Å². The lowest BCUT2D eigenvalue weighted by atomic mass is 10.3. The Labute approximate surface area is 178 Å². The van der Waals surface area contributed by atoms with Gasteiger partial charge in [-0.1, -0.05) is 11.8 Å². The van der Waals surface area contributed by atoms with E-state index in [2.05, 4.69) is 20.3 Å². The van der Waals surface area contributed by atoms with Crippen molar-refractivity contribution in [2.24, 2.45) is 0 Å². The topological polar surface area (TPSA) is 110 Å². The number of benzene rings is 1. The minimum absolute atomic E-state index is 0.00201. The number of halogens is 2. The van der Waals surface area contributed by atoms with Crippen molar-refractivity contribution in [3.05, 3.63) is 56.5 Å². The van der Waals surface area contributed by atoms with E-state index in [1.807, 2.05) is 0 Å². The van der Waals surface area contributed by atoms with Gasteiger partial charge in [-0.25, -0.2) is 23.5 Å². The predicted molar refractivity (Wildman–Crippen MR) is 110 cm³/mol. The highest BCUT2D eigenvalue weighted by atomic mass is 32.2. The number of H-pyrrole nitrogens is 1. The molecule has 2 aliphatic carbocycles. The molecule has 2 N–H and O–H groups in total. The molecule has 1 aromatic carbocycles. The van der Waals surface area contributed by atoms with Crippen molar-refractivity contribution in [1.29, 1.82) is 0 Å². The normalized spacial score (nSPS) is 15.9. The highest BCUT2D eigenvalue weighted by Gasteiger charge is 2.32. The van der Waals surface area contributed by atoms with Crippen LogP contribution >= 0.6 is 11.8 Å². The number of amides is 1. The maximum atomic E-state index is 13.3. The molecule has 0 unspecified atom stereocenters. The molecule has 2 fully saturated rings. The Hall–Kier alpha value is -3.08. The lowest BCUT2D eigenvalue weighted by molar-refractivity contribution is -0.113. The Morgan fingerprint density at radius 2 is 1.84 bits per heavy atom. The Morgan fingerprint density at radius 1 is 1.13 bits per heavy atom. The van der Waals surface area contributed by atoms with Gasteiger partial charge in [-0.3, -0.25) is 19.1 Å². The molecule has 1 amide bonds. The van der Waals surface area contributed by atoms with Crippen molar-refractivity contribution in [2.45, 2.75) is 42.7 Å². The Bertz CT molecular complexity index is 1310. The molecule has 160 valence electrons. The molecule has 2 aromatic heterocycles. The first-order valence-corrected chi connectivity index (χ1v) is 10.8. The van der Waals surface area contributed by atoms with Crippen molar-refractivity contribution in [3.8, 4) is 0 Å². The van der Waals surface area contributed by atoms with E-state index in [0.717, 1.165) is 49.6 Å². The molecule has 3 aromatic rings. The number of rotatable bonds is 6. The minimum atomic E-state index is -0.802. The smallest absolute Gasteiger partial charge is 0.325 e. The summed E-state index contributed by atoms with van der Waals surface area (Å²) < 4.78 is 28.2. The van der Waals surface area contributed by atoms with Gasteiger partial charge in [0.1, 0.15) is 27.9 Å². The fourth-order valence-corrected chi connectivity index (χ4v) is 4.22. The summed E-state index contributed by atoms with van der Waals surface area (Å²) in [6, 6.07) is 2.73. The van der Waals surface area contributed by atoms with E-state index in [-0.39, 0.29) is 28.8 Å². The summed E-state index contributed by atoms with van der Waals surface area (Å²) in [5.74, 6) is -1.53. The van der Waals surface area contributed by atoms with Crippen LogP contribution in [0.4, 0.5) is 14.5 Å². The van der Waals surface area contributed by atoms with Gasteiger partial charge in [0.05, 0.1) is 5.75 Å². The fourth-order valence-electron chi connectivity index (χ4n) is 3.39. The number of hydrogen-bond acceptors (Lipinski definition) is 6. The molecule has 2 aliphatic rings. The molecule has 0 spiro atoms. The first-order chi connectivity index (χ1) is 14.9. The van der Waals surface area contributed by atoms with Crippen LogP contribution in [0.25, 0.3) is 11.0 Å². The molecular formula is C20H17F2N5O3S. The summed E-state index contributed by atoms with van der Waals surface area (Å²) >= 11 is 1.02. The summed E-state index contributed by atoms with van der Waals surface area (Å²) in [6.45, 7) is 0. The van der Waals surface area contributed by atoms with E-state index in [0.29, 0.717) is 22.6 Å². The first kappa shape index (κ1) is 19.9. The highest BCUT2D eigenvalue weighted by Crippen LogP contribution is 2.40. The van der Waals surface area contributed by atoms with Gasteiger partial charge in [-0.2, -0.15) is 0 Å². The molecule has 0 bridgehead atoms. The first-order valence-electron chi connectivity index (χ1n) is 9.84. The zero-order valence-corrected chi connectivity index (χ0v) is 17.0. The third kappa shape index (κ3) is 4.09. The molecule has 31 heavy (non-hydrogen) atoms. The number of nitrogens with one attached hydrogen (secondary N) is 2. The Morgan fingerprint density at radius 3 is 2.48 bits per heavy atom. The van der Waals surface area contributed by atoms with Gasteiger partial charge >= 0.3 is 5.69 Å². The number of hydrogen-bond donors (Lipinski definition) is 2. The van der Waals surface area contributed by atoms with Gasteiger partial charge < -0.3 is 5.32 Å². The molecule has 0 atom stereocenters. The van der Waals surface area contributed by atoms with Crippen LogP contribution in [0.2, 0.25) is 0 Å². The largest absolute Gasteiger partial charge is 0.330 e. The lowest BCUT2D eigenvalue weighted by Gasteiger charge is -2.12. The molecular weight excluding hydrogens is 428 g/mol. The number of carbonyl (C=O) groups is 1. The fraction of sp³-hybridized carbons (Fsp3) is 0.350.